The molecular weight excluding hydrogens is 516 g/mol. The van der Waals surface area contributed by atoms with Crippen LogP contribution < -0.4 is 0 Å². The van der Waals surface area contributed by atoms with Crippen LogP contribution in [0.2, 0.25) is 0 Å². The molecule has 3 nitrogen and oxygen atoms in total. The number of para-hydroxylation sites is 1. The zero-order valence-electron chi connectivity index (χ0n) is 20.4. The van der Waals surface area contributed by atoms with Crippen molar-refractivity contribution in [3.63, 3.8) is 0 Å². The Morgan fingerprint density at radius 1 is 0.769 bits per heavy atom. The van der Waals surface area contributed by atoms with Crippen LogP contribution in [-0.4, -0.2) is 14.3 Å². The van der Waals surface area contributed by atoms with Crippen molar-refractivity contribution in [1.29, 1.82) is 0 Å². The van der Waals surface area contributed by atoms with Gasteiger partial charge in [0.15, 0.2) is 0 Å². The van der Waals surface area contributed by atoms with Crippen LogP contribution >= 0.6 is 0 Å². The van der Waals surface area contributed by atoms with Crippen LogP contribution in [0.4, 0.5) is 26.3 Å². The summed E-state index contributed by atoms with van der Waals surface area (Å²) >= 11 is 0. The molecule has 9 heteroatoms. The molecule has 0 amide bonds. The van der Waals surface area contributed by atoms with Gasteiger partial charge in [0, 0.05) is 52.3 Å². The van der Waals surface area contributed by atoms with Gasteiger partial charge in [-0.2, -0.15) is 18.3 Å². The van der Waals surface area contributed by atoms with Crippen molar-refractivity contribution in [3.05, 3.63) is 114 Å². The van der Waals surface area contributed by atoms with E-state index in [9.17, 15) is 26.3 Å². The molecule has 0 spiro atoms. The molecule has 0 bridgehead atoms. The molecule has 0 aliphatic rings. The second-order valence-corrected chi connectivity index (χ2v) is 9.28. The largest absolute Gasteiger partial charge is 0.418 e. The molecule has 39 heavy (non-hydrogen) atoms. The number of fused-ring (bicyclic) bond motifs is 2. The summed E-state index contributed by atoms with van der Waals surface area (Å²) in [4.78, 5) is 0. The van der Waals surface area contributed by atoms with Crippen LogP contribution in [0.15, 0.2) is 84.9 Å². The maximum atomic E-state index is 14.5. The lowest BCUT2D eigenvalue weighted by atomic mass is 10.0. The molecule has 2 heterocycles. The normalized spacial score (nSPS) is 12.1. The summed E-state index contributed by atoms with van der Waals surface area (Å²) in [7, 11) is 1.94. The highest BCUT2D eigenvalue weighted by molar-refractivity contribution is 5.96. The second-order valence-electron chi connectivity index (χ2n) is 9.28. The molecule has 0 saturated carbocycles. The monoisotopic (exact) mass is 535 g/mol. The quantitative estimate of drug-likeness (QED) is 0.208. The first-order valence-corrected chi connectivity index (χ1v) is 12.0. The van der Waals surface area contributed by atoms with E-state index in [4.69, 9.17) is 0 Å². The molecular formula is C30H19F6N3. The fraction of sp³-hybridized carbons (Fsp3) is 0.100. The molecule has 0 N–H and O–H groups in total. The van der Waals surface area contributed by atoms with E-state index in [2.05, 4.69) is 5.10 Å². The van der Waals surface area contributed by atoms with E-state index in [1.54, 1.807) is 12.1 Å². The Kier molecular flexibility index (Phi) is 5.75. The van der Waals surface area contributed by atoms with Gasteiger partial charge in [-0.15, -0.1) is 0 Å². The Morgan fingerprint density at radius 3 is 2.10 bits per heavy atom. The molecule has 4 aromatic carbocycles. The summed E-state index contributed by atoms with van der Waals surface area (Å²) in [6.45, 7) is -0.537. The van der Waals surface area contributed by atoms with Gasteiger partial charge in [0.25, 0.3) is 0 Å². The van der Waals surface area contributed by atoms with Crippen LogP contribution in [-0.2, 0) is 19.8 Å². The fourth-order valence-corrected chi connectivity index (χ4v) is 5.04. The molecule has 0 fully saturated rings. The maximum Gasteiger partial charge on any atom is 0.418 e. The van der Waals surface area contributed by atoms with Crippen molar-refractivity contribution in [2.24, 2.45) is 7.05 Å². The molecule has 0 aliphatic heterocycles. The van der Waals surface area contributed by atoms with E-state index in [0.29, 0.717) is 17.7 Å². The molecule has 0 radical (unpaired) electrons. The van der Waals surface area contributed by atoms with Crippen molar-refractivity contribution in [2.45, 2.75) is 12.7 Å². The third kappa shape index (κ3) is 4.24. The molecule has 0 aliphatic carbocycles. The minimum absolute atomic E-state index is 0.171. The summed E-state index contributed by atoms with van der Waals surface area (Å²) in [6, 6.07) is 21.8. The molecule has 0 atom stereocenters. The smallest absolute Gasteiger partial charge is 0.344 e. The molecule has 6 rings (SSSR count). The first-order chi connectivity index (χ1) is 18.6. The van der Waals surface area contributed by atoms with Gasteiger partial charge in [-0.1, -0.05) is 54.6 Å². The first-order valence-electron chi connectivity index (χ1n) is 12.0. The van der Waals surface area contributed by atoms with Crippen LogP contribution in [0.25, 0.3) is 44.3 Å². The van der Waals surface area contributed by atoms with Gasteiger partial charge in [0.05, 0.1) is 17.8 Å². The highest BCUT2D eigenvalue weighted by Crippen LogP contribution is 2.39. The van der Waals surface area contributed by atoms with Crippen molar-refractivity contribution in [1.82, 2.24) is 14.3 Å². The number of aryl methyl sites for hydroxylation is 1. The van der Waals surface area contributed by atoms with E-state index >= 15 is 0 Å². The molecule has 0 unspecified atom stereocenters. The van der Waals surface area contributed by atoms with E-state index in [0.717, 1.165) is 32.9 Å². The highest BCUT2D eigenvalue weighted by Gasteiger charge is 2.34. The second kappa shape index (κ2) is 9.04. The van der Waals surface area contributed by atoms with Crippen LogP contribution in [0.1, 0.15) is 11.1 Å². The standard InChI is InChI=1S/C30H19F6N3/c1-38-26-8-3-2-5-19(26)13-27(38)17-9-11-18(12-10-17)29-21-6-4-7-23(30(34,35)36)28(21)37-39(29)16-22-24(32)14-20(31)15-25(22)33/h2-15H,16H2,1H3. The average molecular weight is 535 g/mol. The Hall–Kier alpha value is -4.53. The van der Waals surface area contributed by atoms with E-state index in [-0.39, 0.29) is 16.6 Å². The van der Waals surface area contributed by atoms with Crippen molar-refractivity contribution in [3.8, 4) is 22.5 Å². The van der Waals surface area contributed by atoms with E-state index in [1.807, 2.05) is 54.1 Å². The molecule has 6 aromatic rings. The zero-order valence-corrected chi connectivity index (χ0v) is 20.4. The van der Waals surface area contributed by atoms with Gasteiger partial charge in [-0.05, 0) is 23.8 Å². The summed E-state index contributed by atoms with van der Waals surface area (Å²) in [5.74, 6) is -3.40. The maximum absolute atomic E-state index is 14.5. The molecule has 2 aromatic heterocycles. The Balaban J connectivity index is 1.52. The number of hydrogen-bond donors (Lipinski definition) is 0. The van der Waals surface area contributed by atoms with Gasteiger partial charge in [0.1, 0.15) is 23.0 Å². The predicted octanol–water partition coefficient (Wildman–Crippen LogP) is 8.35. The van der Waals surface area contributed by atoms with Gasteiger partial charge in [-0.25, -0.2) is 13.2 Å². The van der Waals surface area contributed by atoms with Crippen molar-refractivity contribution < 1.29 is 26.3 Å². The Labute approximate surface area is 218 Å². The van der Waals surface area contributed by atoms with Crippen LogP contribution in [0, 0.1) is 17.5 Å². The van der Waals surface area contributed by atoms with Gasteiger partial charge in [-0.3, -0.25) is 4.68 Å². The predicted molar refractivity (Wildman–Crippen MR) is 138 cm³/mol. The number of nitrogens with zero attached hydrogens (tertiary/aromatic N) is 3. The van der Waals surface area contributed by atoms with Gasteiger partial charge < -0.3 is 4.57 Å². The minimum atomic E-state index is -4.69. The van der Waals surface area contributed by atoms with Gasteiger partial charge >= 0.3 is 6.18 Å². The Morgan fingerprint density at radius 2 is 1.44 bits per heavy atom. The summed E-state index contributed by atoms with van der Waals surface area (Å²) in [5, 5.41) is 5.38. The zero-order chi connectivity index (χ0) is 27.5. The SMILES string of the molecule is Cn1c(-c2ccc(-c3c4cccc(C(F)(F)F)c4nn3Cc3c(F)cc(F)cc3F)cc2)cc2ccccc21. The molecule has 196 valence electrons. The van der Waals surface area contributed by atoms with Gasteiger partial charge in [0.2, 0.25) is 0 Å². The number of alkyl halides is 3. The van der Waals surface area contributed by atoms with Crippen LogP contribution in [0.5, 0.6) is 0 Å². The lowest BCUT2D eigenvalue weighted by Crippen LogP contribution is -2.09. The average Bonchev–Trinajstić information content (AvgIpc) is 3.43. The van der Waals surface area contributed by atoms with E-state index in [1.165, 1.54) is 12.1 Å². The first kappa shape index (κ1) is 24.8. The highest BCUT2D eigenvalue weighted by atomic mass is 19.4. The number of rotatable bonds is 4. The molecule has 0 saturated heterocycles. The fourth-order valence-electron chi connectivity index (χ4n) is 5.04. The number of benzene rings is 4. The Bertz CT molecular complexity index is 1840. The van der Waals surface area contributed by atoms with Crippen LogP contribution in [0.3, 0.4) is 0 Å². The van der Waals surface area contributed by atoms with Crippen molar-refractivity contribution >= 4 is 21.8 Å². The summed E-state index contributed by atoms with van der Waals surface area (Å²) in [5.41, 5.74) is 1.79. The summed E-state index contributed by atoms with van der Waals surface area (Å²) in [6.07, 6.45) is -4.69. The minimum Gasteiger partial charge on any atom is -0.344 e. The van der Waals surface area contributed by atoms with E-state index < -0.39 is 41.3 Å². The van der Waals surface area contributed by atoms with Crippen molar-refractivity contribution in [2.75, 3.05) is 0 Å². The lowest BCUT2D eigenvalue weighted by molar-refractivity contribution is -0.136. The third-order valence-electron chi connectivity index (χ3n) is 6.89. The summed E-state index contributed by atoms with van der Waals surface area (Å²) < 4.78 is 87.1. The lowest BCUT2D eigenvalue weighted by Gasteiger charge is -2.11. The number of hydrogen-bond acceptors (Lipinski definition) is 1. The number of halogens is 6. The number of aromatic nitrogens is 3. The topological polar surface area (TPSA) is 22.8 Å². The third-order valence-corrected chi connectivity index (χ3v) is 6.89.